The zero-order valence-electron chi connectivity index (χ0n) is 10.9. The number of halogens is 1. The standard InChI is InChI=1S/C14H20BrNO2/c1-16(10-3-6-12(17)7-4-10)11-5-8-14(18-2)13(15)9-11/h5,8-10,12,17H,3-4,6-7H2,1-2H3. The highest BCUT2D eigenvalue weighted by molar-refractivity contribution is 9.10. The van der Waals surface area contributed by atoms with E-state index in [-0.39, 0.29) is 6.10 Å². The summed E-state index contributed by atoms with van der Waals surface area (Å²) >= 11 is 3.52. The van der Waals surface area contributed by atoms with Gasteiger partial charge in [-0.3, -0.25) is 0 Å². The van der Waals surface area contributed by atoms with E-state index in [1.165, 1.54) is 5.69 Å². The lowest BCUT2D eigenvalue weighted by molar-refractivity contribution is 0.122. The Balaban J connectivity index is 2.08. The fourth-order valence-corrected chi connectivity index (χ4v) is 3.06. The van der Waals surface area contributed by atoms with E-state index in [1.807, 2.05) is 6.07 Å². The normalized spacial score (nSPS) is 23.8. The van der Waals surface area contributed by atoms with Gasteiger partial charge < -0.3 is 14.7 Å². The van der Waals surface area contributed by atoms with E-state index in [1.54, 1.807) is 7.11 Å². The van der Waals surface area contributed by atoms with Crippen molar-refractivity contribution < 1.29 is 9.84 Å². The van der Waals surface area contributed by atoms with Gasteiger partial charge in [-0.1, -0.05) is 0 Å². The minimum Gasteiger partial charge on any atom is -0.496 e. The Labute approximate surface area is 117 Å². The summed E-state index contributed by atoms with van der Waals surface area (Å²) in [6.07, 6.45) is 3.83. The van der Waals surface area contributed by atoms with Crippen LogP contribution in [0.5, 0.6) is 5.75 Å². The molecule has 0 aliphatic heterocycles. The summed E-state index contributed by atoms with van der Waals surface area (Å²) < 4.78 is 6.22. The number of aliphatic hydroxyl groups is 1. The van der Waals surface area contributed by atoms with Crippen molar-refractivity contribution in [2.45, 2.75) is 37.8 Å². The van der Waals surface area contributed by atoms with Crippen LogP contribution in [0.3, 0.4) is 0 Å². The molecule has 4 heteroatoms. The lowest BCUT2D eigenvalue weighted by atomic mass is 9.92. The van der Waals surface area contributed by atoms with Crippen molar-refractivity contribution in [3.63, 3.8) is 0 Å². The molecule has 0 radical (unpaired) electrons. The highest BCUT2D eigenvalue weighted by Gasteiger charge is 2.23. The predicted molar refractivity (Wildman–Crippen MR) is 77.4 cm³/mol. The van der Waals surface area contributed by atoms with Crippen LogP contribution in [0.15, 0.2) is 22.7 Å². The largest absolute Gasteiger partial charge is 0.496 e. The van der Waals surface area contributed by atoms with Gasteiger partial charge in [0, 0.05) is 18.8 Å². The predicted octanol–water partition coefficient (Wildman–Crippen LogP) is 3.20. The zero-order chi connectivity index (χ0) is 13.1. The maximum atomic E-state index is 9.55. The van der Waals surface area contributed by atoms with E-state index in [4.69, 9.17) is 4.74 Å². The quantitative estimate of drug-likeness (QED) is 0.930. The Morgan fingerprint density at radius 1 is 1.28 bits per heavy atom. The number of anilines is 1. The molecule has 0 bridgehead atoms. The summed E-state index contributed by atoms with van der Waals surface area (Å²) in [4.78, 5) is 2.30. The van der Waals surface area contributed by atoms with Gasteiger partial charge in [0.25, 0.3) is 0 Å². The molecule has 0 unspecified atom stereocenters. The van der Waals surface area contributed by atoms with Crippen molar-refractivity contribution in [3.8, 4) is 5.75 Å². The van der Waals surface area contributed by atoms with Gasteiger partial charge in [-0.2, -0.15) is 0 Å². The highest BCUT2D eigenvalue weighted by Crippen LogP contribution is 2.32. The molecule has 1 fully saturated rings. The SMILES string of the molecule is COc1ccc(N(C)C2CCC(O)CC2)cc1Br. The second kappa shape index (κ2) is 5.93. The third kappa shape index (κ3) is 2.98. The summed E-state index contributed by atoms with van der Waals surface area (Å²) in [7, 11) is 3.79. The van der Waals surface area contributed by atoms with E-state index in [9.17, 15) is 5.11 Å². The van der Waals surface area contributed by atoms with Gasteiger partial charge in [0.05, 0.1) is 17.7 Å². The second-order valence-electron chi connectivity index (χ2n) is 4.89. The van der Waals surface area contributed by atoms with Crippen molar-refractivity contribution in [2.24, 2.45) is 0 Å². The molecule has 1 saturated carbocycles. The summed E-state index contributed by atoms with van der Waals surface area (Å²) in [5.74, 6) is 0.853. The zero-order valence-corrected chi connectivity index (χ0v) is 12.5. The Morgan fingerprint density at radius 3 is 2.50 bits per heavy atom. The molecule has 0 aromatic heterocycles. The molecule has 1 aliphatic carbocycles. The summed E-state index contributed by atoms with van der Waals surface area (Å²) in [5.41, 5.74) is 1.18. The van der Waals surface area contributed by atoms with Gasteiger partial charge in [-0.15, -0.1) is 0 Å². The average Bonchev–Trinajstić information content (AvgIpc) is 2.38. The number of nitrogens with zero attached hydrogens (tertiary/aromatic N) is 1. The van der Waals surface area contributed by atoms with E-state index in [0.29, 0.717) is 6.04 Å². The average molecular weight is 314 g/mol. The van der Waals surface area contributed by atoms with Crippen LogP contribution in [0.4, 0.5) is 5.69 Å². The number of aliphatic hydroxyl groups excluding tert-OH is 1. The van der Waals surface area contributed by atoms with E-state index in [2.05, 4.69) is 40.0 Å². The summed E-state index contributed by atoms with van der Waals surface area (Å²) in [6.45, 7) is 0. The Hall–Kier alpha value is -0.740. The Morgan fingerprint density at radius 2 is 1.94 bits per heavy atom. The number of hydrogen-bond donors (Lipinski definition) is 1. The molecule has 3 nitrogen and oxygen atoms in total. The first-order chi connectivity index (χ1) is 8.61. The maximum absolute atomic E-state index is 9.55. The molecule has 2 rings (SSSR count). The molecule has 0 amide bonds. The lowest BCUT2D eigenvalue weighted by Crippen LogP contribution is -2.36. The first-order valence-corrected chi connectivity index (χ1v) is 7.15. The highest BCUT2D eigenvalue weighted by atomic mass is 79.9. The molecule has 1 aliphatic rings. The minimum atomic E-state index is -0.0998. The van der Waals surface area contributed by atoms with Crippen LogP contribution >= 0.6 is 15.9 Å². The molecule has 18 heavy (non-hydrogen) atoms. The number of benzene rings is 1. The smallest absolute Gasteiger partial charge is 0.133 e. The van der Waals surface area contributed by atoms with Gasteiger partial charge in [0.2, 0.25) is 0 Å². The van der Waals surface area contributed by atoms with E-state index < -0.39 is 0 Å². The first kappa shape index (κ1) is 13.7. The number of hydrogen-bond acceptors (Lipinski definition) is 3. The van der Waals surface area contributed by atoms with Crippen molar-refractivity contribution >= 4 is 21.6 Å². The molecule has 0 atom stereocenters. The molecule has 0 saturated heterocycles. The van der Waals surface area contributed by atoms with Gasteiger partial charge in [0.15, 0.2) is 0 Å². The monoisotopic (exact) mass is 313 g/mol. The molecular weight excluding hydrogens is 294 g/mol. The lowest BCUT2D eigenvalue weighted by Gasteiger charge is -2.34. The van der Waals surface area contributed by atoms with Crippen LogP contribution in [0.1, 0.15) is 25.7 Å². The molecule has 0 spiro atoms. The number of methoxy groups -OCH3 is 1. The van der Waals surface area contributed by atoms with E-state index in [0.717, 1.165) is 35.9 Å². The fourth-order valence-electron chi connectivity index (χ4n) is 2.53. The first-order valence-electron chi connectivity index (χ1n) is 6.36. The van der Waals surface area contributed by atoms with Gasteiger partial charge in [-0.05, 0) is 59.8 Å². The molecule has 100 valence electrons. The maximum Gasteiger partial charge on any atom is 0.133 e. The van der Waals surface area contributed by atoms with Crippen LogP contribution in [0.2, 0.25) is 0 Å². The van der Waals surface area contributed by atoms with Crippen LogP contribution in [0, 0.1) is 0 Å². The third-order valence-corrected chi connectivity index (χ3v) is 4.38. The topological polar surface area (TPSA) is 32.7 Å². The molecular formula is C14H20BrNO2. The van der Waals surface area contributed by atoms with Gasteiger partial charge in [-0.25, -0.2) is 0 Å². The third-order valence-electron chi connectivity index (χ3n) is 3.76. The van der Waals surface area contributed by atoms with Crippen molar-refractivity contribution in [1.82, 2.24) is 0 Å². The number of rotatable bonds is 3. The molecule has 0 heterocycles. The summed E-state index contributed by atoms with van der Waals surface area (Å²) in [5, 5.41) is 9.55. The van der Waals surface area contributed by atoms with Crippen molar-refractivity contribution in [3.05, 3.63) is 22.7 Å². The molecule has 1 aromatic carbocycles. The van der Waals surface area contributed by atoms with Crippen LogP contribution in [-0.2, 0) is 0 Å². The number of ether oxygens (including phenoxy) is 1. The second-order valence-corrected chi connectivity index (χ2v) is 5.75. The Bertz CT molecular complexity index is 403. The van der Waals surface area contributed by atoms with Crippen molar-refractivity contribution in [2.75, 3.05) is 19.1 Å². The Kier molecular flexibility index (Phi) is 4.51. The van der Waals surface area contributed by atoms with Crippen LogP contribution < -0.4 is 9.64 Å². The summed E-state index contributed by atoms with van der Waals surface area (Å²) in [6, 6.07) is 6.67. The minimum absolute atomic E-state index is 0.0998. The van der Waals surface area contributed by atoms with Crippen LogP contribution in [0.25, 0.3) is 0 Å². The fraction of sp³-hybridized carbons (Fsp3) is 0.571. The molecule has 1 aromatic rings. The van der Waals surface area contributed by atoms with E-state index >= 15 is 0 Å². The van der Waals surface area contributed by atoms with Gasteiger partial charge >= 0.3 is 0 Å². The molecule has 1 N–H and O–H groups in total. The van der Waals surface area contributed by atoms with Crippen LogP contribution in [-0.4, -0.2) is 31.4 Å². The van der Waals surface area contributed by atoms with Gasteiger partial charge in [0.1, 0.15) is 5.75 Å². The van der Waals surface area contributed by atoms with Crippen molar-refractivity contribution in [1.29, 1.82) is 0 Å².